The zero-order valence-electron chi connectivity index (χ0n) is 8.15. The first-order valence-electron chi connectivity index (χ1n) is 4.58. The SMILES string of the molecule is CCc1nc2ccc(OC(=O)O)cc2[nH]1. The van der Waals surface area contributed by atoms with Crippen molar-refractivity contribution in [3.8, 4) is 5.75 Å². The molecule has 1 aromatic heterocycles. The van der Waals surface area contributed by atoms with Crippen molar-refractivity contribution in [2.24, 2.45) is 0 Å². The highest BCUT2D eigenvalue weighted by molar-refractivity contribution is 5.77. The molecule has 78 valence electrons. The van der Waals surface area contributed by atoms with Crippen LogP contribution in [0.4, 0.5) is 4.79 Å². The maximum atomic E-state index is 10.3. The normalized spacial score (nSPS) is 10.5. The molecule has 0 aliphatic carbocycles. The maximum absolute atomic E-state index is 10.3. The lowest BCUT2D eigenvalue weighted by molar-refractivity contribution is 0.144. The van der Waals surface area contributed by atoms with Crippen molar-refractivity contribution in [3.05, 3.63) is 24.0 Å². The number of carbonyl (C=O) groups is 1. The topological polar surface area (TPSA) is 75.2 Å². The Kier molecular flexibility index (Phi) is 2.29. The van der Waals surface area contributed by atoms with E-state index in [2.05, 4.69) is 14.7 Å². The zero-order valence-corrected chi connectivity index (χ0v) is 8.15. The largest absolute Gasteiger partial charge is 0.511 e. The van der Waals surface area contributed by atoms with Crippen LogP contribution in [0.2, 0.25) is 0 Å². The monoisotopic (exact) mass is 206 g/mol. The van der Waals surface area contributed by atoms with Gasteiger partial charge in [0.15, 0.2) is 0 Å². The highest BCUT2D eigenvalue weighted by atomic mass is 16.7. The lowest BCUT2D eigenvalue weighted by atomic mass is 10.3. The first kappa shape index (κ1) is 9.51. The number of H-pyrrole nitrogens is 1. The van der Waals surface area contributed by atoms with E-state index >= 15 is 0 Å². The minimum Gasteiger partial charge on any atom is -0.449 e. The van der Waals surface area contributed by atoms with Crippen LogP contribution in [-0.2, 0) is 6.42 Å². The zero-order chi connectivity index (χ0) is 10.8. The Morgan fingerprint density at radius 3 is 3.07 bits per heavy atom. The lowest BCUT2D eigenvalue weighted by Gasteiger charge is -1.97. The molecule has 0 amide bonds. The third kappa shape index (κ3) is 1.90. The quantitative estimate of drug-likeness (QED) is 0.583. The average molecular weight is 206 g/mol. The molecule has 0 spiro atoms. The molecule has 0 saturated carbocycles. The third-order valence-corrected chi connectivity index (χ3v) is 2.04. The van der Waals surface area contributed by atoms with Gasteiger partial charge in [-0.25, -0.2) is 9.78 Å². The molecule has 0 radical (unpaired) electrons. The number of benzene rings is 1. The number of aryl methyl sites for hydroxylation is 1. The second kappa shape index (κ2) is 3.61. The number of carboxylic acid groups (broad SMARTS) is 1. The Balaban J connectivity index is 2.41. The van der Waals surface area contributed by atoms with Gasteiger partial charge in [-0.3, -0.25) is 0 Å². The third-order valence-electron chi connectivity index (χ3n) is 2.04. The molecule has 0 aliphatic rings. The van der Waals surface area contributed by atoms with Crippen molar-refractivity contribution in [1.29, 1.82) is 0 Å². The number of imidazole rings is 1. The van der Waals surface area contributed by atoms with E-state index in [0.29, 0.717) is 5.75 Å². The maximum Gasteiger partial charge on any atom is 0.511 e. The average Bonchev–Trinajstić information content (AvgIpc) is 2.58. The fourth-order valence-electron chi connectivity index (χ4n) is 1.37. The molecule has 5 heteroatoms. The van der Waals surface area contributed by atoms with Gasteiger partial charge in [0.1, 0.15) is 11.6 Å². The van der Waals surface area contributed by atoms with E-state index in [0.717, 1.165) is 23.3 Å². The summed E-state index contributed by atoms with van der Waals surface area (Å²) in [5, 5.41) is 8.44. The summed E-state index contributed by atoms with van der Waals surface area (Å²) in [5.74, 6) is 1.17. The highest BCUT2D eigenvalue weighted by Crippen LogP contribution is 2.19. The molecule has 0 saturated heterocycles. The predicted octanol–water partition coefficient (Wildman–Crippen LogP) is 2.18. The van der Waals surface area contributed by atoms with Crippen molar-refractivity contribution >= 4 is 17.2 Å². The molecule has 0 bridgehead atoms. The Hall–Kier alpha value is -2.04. The van der Waals surface area contributed by atoms with Gasteiger partial charge in [-0.15, -0.1) is 0 Å². The predicted molar refractivity (Wildman–Crippen MR) is 54.1 cm³/mol. The number of aromatic nitrogens is 2. The number of nitrogens with zero attached hydrogens (tertiary/aromatic N) is 1. The standard InChI is InChI=1S/C10H10N2O3/c1-2-9-11-7-4-3-6(15-10(13)14)5-8(7)12-9/h3-5H,2H2,1H3,(H,11,12)(H,13,14). The molecule has 2 N–H and O–H groups in total. The van der Waals surface area contributed by atoms with E-state index in [-0.39, 0.29) is 0 Å². The highest BCUT2D eigenvalue weighted by Gasteiger charge is 2.05. The first-order valence-corrected chi connectivity index (χ1v) is 4.58. The summed E-state index contributed by atoms with van der Waals surface area (Å²) in [6, 6.07) is 4.93. The molecule has 0 atom stereocenters. The minimum atomic E-state index is -1.32. The van der Waals surface area contributed by atoms with Crippen LogP contribution in [0.1, 0.15) is 12.7 Å². The van der Waals surface area contributed by atoms with Gasteiger partial charge in [0, 0.05) is 12.5 Å². The molecule has 0 unspecified atom stereocenters. The Morgan fingerprint density at radius 1 is 1.60 bits per heavy atom. The number of rotatable bonds is 2. The molecule has 0 aliphatic heterocycles. The van der Waals surface area contributed by atoms with Gasteiger partial charge in [-0.05, 0) is 12.1 Å². The number of fused-ring (bicyclic) bond motifs is 1. The van der Waals surface area contributed by atoms with Crippen LogP contribution in [0.15, 0.2) is 18.2 Å². The molecule has 5 nitrogen and oxygen atoms in total. The number of hydrogen-bond acceptors (Lipinski definition) is 3. The molecule has 0 fully saturated rings. The molecule has 2 aromatic rings. The van der Waals surface area contributed by atoms with Crippen LogP contribution in [0.5, 0.6) is 5.75 Å². The fraction of sp³-hybridized carbons (Fsp3) is 0.200. The number of hydrogen-bond donors (Lipinski definition) is 2. The summed E-state index contributed by atoms with van der Waals surface area (Å²) < 4.78 is 4.53. The summed E-state index contributed by atoms with van der Waals surface area (Å²) in [6.45, 7) is 1.99. The second-order valence-corrected chi connectivity index (χ2v) is 3.08. The minimum absolute atomic E-state index is 0.293. The lowest BCUT2D eigenvalue weighted by Crippen LogP contribution is -2.02. The van der Waals surface area contributed by atoms with Gasteiger partial charge in [0.05, 0.1) is 11.0 Å². The fourth-order valence-corrected chi connectivity index (χ4v) is 1.37. The Morgan fingerprint density at radius 2 is 2.40 bits per heavy atom. The molecule has 15 heavy (non-hydrogen) atoms. The Labute approximate surface area is 85.7 Å². The van der Waals surface area contributed by atoms with E-state index < -0.39 is 6.16 Å². The van der Waals surface area contributed by atoms with Crippen LogP contribution in [-0.4, -0.2) is 21.2 Å². The van der Waals surface area contributed by atoms with Crippen molar-refractivity contribution in [2.75, 3.05) is 0 Å². The summed E-state index contributed by atoms with van der Waals surface area (Å²) in [7, 11) is 0. The summed E-state index contributed by atoms with van der Waals surface area (Å²) in [5.41, 5.74) is 1.59. The number of aromatic amines is 1. The number of ether oxygens (including phenoxy) is 1. The number of nitrogens with one attached hydrogen (secondary N) is 1. The molecule has 1 heterocycles. The molecular formula is C10H10N2O3. The summed E-state index contributed by atoms with van der Waals surface area (Å²) >= 11 is 0. The Bertz CT molecular complexity index is 504. The van der Waals surface area contributed by atoms with Crippen LogP contribution >= 0.6 is 0 Å². The molecule has 2 rings (SSSR count). The van der Waals surface area contributed by atoms with Crippen LogP contribution in [0, 0.1) is 0 Å². The van der Waals surface area contributed by atoms with E-state index in [1.54, 1.807) is 18.2 Å². The van der Waals surface area contributed by atoms with Crippen LogP contribution < -0.4 is 4.74 Å². The van der Waals surface area contributed by atoms with Crippen LogP contribution in [0.3, 0.4) is 0 Å². The molecule has 1 aromatic carbocycles. The van der Waals surface area contributed by atoms with Crippen molar-refractivity contribution in [2.45, 2.75) is 13.3 Å². The van der Waals surface area contributed by atoms with Crippen LogP contribution in [0.25, 0.3) is 11.0 Å². The second-order valence-electron chi connectivity index (χ2n) is 3.08. The smallest absolute Gasteiger partial charge is 0.449 e. The van der Waals surface area contributed by atoms with Crippen molar-refractivity contribution in [3.63, 3.8) is 0 Å². The van der Waals surface area contributed by atoms with Crippen molar-refractivity contribution < 1.29 is 14.6 Å². The summed E-state index contributed by atoms with van der Waals surface area (Å²) in [6.07, 6.45) is -0.506. The van der Waals surface area contributed by atoms with E-state index in [9.17, 15) is 4.79 Å². The van der Waals surface area contributed by atoms with Crippen molar-refractivity contribution in [1.82, 2.24) is 9.97 Å². The summed E-state index contributed by atoms with van der Waals surface area (Å²) in [4.78, 5) is 17.7. The van der Waals surface area contributed by atoms with Gasteiger partial charge in [0.2, 0.25) is 0 Å². The van der Waals surface area contributed by atoms with E-state index in [1.165, 1.54) is 0 Å². The van der Waals surface area contributed by atoms with Gasteiger partial charge < -0.3 is 14.8 Å². The van der Waals surface area contributed by atoms with Gasteiger partial charge in [-0.2, -0.15) is 0 Å². The first-order chi connectivity index (χ1) is 7.19. The molecular weight excluding hydrogens is 196 g/mol. The van der Waals surface area contributed by atoms with E-state index in [4.69, 9.17) is 5.11 Å². The van der Waals surface area contributed by atoms with Gasteiger partial charge in [-0.1, -0.05) is 6.92 Å². The van der Waals surface area contributed by atoms with E-state index in [1.807, 2.05) is 6.92 Å². The van der Waals surface area contributed by atoms with Gasteiger partial charge >= 0.3 is 6.16 Å². The van der Waals surface area contributed by atoms with Gasteiger partial charge in [0.25, 0.3) is 0 Å².